The maximum Gasteiger partial charge on any atom is 0.142 e. The molecule has 1 fully saturated rings. The van der Waals surface area contributed by atoms with E-state index in [0.717, 1.165) is 24.5 Å². The van der Waals surface area contributed by atoms with Gasteiger partial charge in [-0.3, -0.25) is 0 Å². The van der Waals surface area contributed by atoms with Crippen LogP contribution in [0.1, 0.15) is 20.3 Å². The number of nitriles is 1. The lowest BCUT2D eigenvalue weighted by Gasteiger charge is -2.44. The molecule has 1 heterocycles. The van der Waals surface area contributed by atoms with Gasteiger partial charge in [-0.15, -0.1) is 0 Å². The minimum atomic E-state index is -0.0133. The Morgan fingerprint density at radius 1 is 1.47 bits per heavy atom. The van der Waals surface area contributed by atoms with Gasteiger partial charge in [0.25, 0.3) is 0 Å². The summed E-state index contributed by atoms with van der Waals surface area (Å²) in [5, 5.41) is 12.4. The van der Waals surface area contributed by atoms with Crippen molar-refractivity contribution < 1.29 is 4.74 Å². The first-order chi connectivity index (χ1) is 9.05. The average molecular weight is 259 g/mol. The van der Waals surface area contributed by atoms with Crippen molar-refractivity contribution in [1.82, 2.24) is 5.32 Å². The van der Waals surface area contributed by atoms with Gasteiger partial charge in [0, 0.05) is 24.7 Å². The van der Waals surface area contributed by atoms with Crippen molar-refractivity contribution in [2.75, 3.05) is 25.1 Å². The molecular formula is C15H21N3O. The van der Waals surface area contributed by atoms with Crippen LogP contribution in [-0.4, -0.2) is 31.8 Å². The van der Waals surface area contributed by atoms with Gasteiger partial charge >= 0.3 is 0 Å². The molecule has 1 unspecified atom stereocenters. The van der Waals surface area contributed by atoms with Crippen LogP contribution >= 0.6 is 0 Å². The summed E-state index contributed by atoms with van der Waals surface area (Å²) in [7, 11) is 1.69. The fraction of sp³-hybridized carbons (Fsp3) is 0.533. The van der Waals surface area contributed by atoms with Gasteiger partial charge in [0.15, 0.2) is 0 Å². The van der Waals surface area contributed by atoms with E-state index in [4.69, 9.17) is 10.00 Å². The SMILES string of the molecule is COc1ccccc1N1CC(CC#N)NC(C)(C)C1. The highest BCUT2D eigenvalue weighted by Gasteiger charge is 2.32. The predicted octanol–water partition coefficient (Wildman–Crippen LogP) is 2.17. The van der Waals surface area contributed by atoms with Crippen LogP contribution in [0, 0.1) is 11.3 Å². The Balaban J connectivity index is 2.25. The highest BCUT2D eigenvalue weighted by molar-refractivity contribution is 5.59. The predicted molar refractivity (Wildman–Crippen MR) is 76.4 cm³/mol. The minimum Gasteiger partial charge on any atom is -0.495 e. The number of piperazine rings is 1. The number of hydrogen-bond acceptors (Lipinski definition) is 4. The molecule has 4 heteroatoms. The minimum absolute atomic E-state index is 0.0133. The van der Waals surface area contributed by atoms with Crippen LogP contribution in [0.2, 0.25) is 0 Å². The van der Waals surface area contributed by atoms with Crippen LogP contribution < -0.4 is 15.0 Å². The Kier molecular flexibility index (Phi) is 3.96. The molecule has 102 valence electrons. The molecule has 0 bridgehead atoms. The number of para-hydroxylation sites is 2. The summed E-state index contributed by atoms with van der Waals surface area (Å²) in [6.45, 7) is 6.06. The topological polar surface area (TPSA) is 48.3 Å². The zero-order chi connectivity index (χ0) is 13.9. The lowest BCUT2D eigenvalue weighted by atomic mass is 9.96. The highest BCUT2D eigenvalue weighted by Crippen LogP contribution is 2.30. The van der Waals surface area contributed by atoms with Crippen LogP contribution in [0.5, 0.6) is 5.75 Å². The van der Waals surface area contributed by atoms with E-state index in [-0.39, 0.29) is 11.6 Å². The van der Waals surface area contributed by atoms with E-state index in [9.17, 15) is 0 Å². The van der Waals surface area contributed by atoms with Gasteiger partial charge in [-0.05, 0) is 26.0 Å². The number of hydrogen-bond donors (Lipinski definition) is 1. The zero-order valence-electron chi connectivity index (χ0n) is 11.8. The smallest absolute Gasteiger partial charge is 0.142 e. The van der Waals surface area contributed by atoms with Crippen molar-refractivity contribution in [3.05, 3.63) is 24.3 Å². The molecule has 1 atom stereocenters. The molecule has 2 rings (SSSR count). The molecule has 1 saturated heterocycles. The van der Waals surface area contributed by atoms with Crippen LogP contribution in [0.4, 0.5) is 5.69 Å². The second kappa shape index (κ2) is 5.50. The number of nitrogens with one attached hydrogen (secondary N) is 1. The monoisotopic (exact) mass is 259 g/mol. The Morgan fingerprint density at radius 3 is 2.89 bits per heavy atom. The van der Waals surface area contributed by atoms with E-state index in [1.54, 1.807) is 7.11 Å². The molecule has 0 radical (unpaired) electrons. The maximum atomic E-state index is 8.91. The molecule has 1 aromatic rings. The van der Waals surface area contributed by atoms with Crippen molar-refractivity contribution >= 4 is 5.69 Å². The van der Waals surface area contributed by atoms with Gasteiger partial charge in [0.2, 0.25) is 0 Å². The van der Waals surface area contributed by atoms with E-state index in [0.29, 0.717) is 6.42 Å². The summed E-state index contributed by atoms with van der Waals surface area (Å²) in [5.74, 6) is 0.885. The van der Waals surface area contributed by atoms with E-state index in [1.807, 2.05) is 18.2 Å². The van der Waals surface area contributed by atoms with Gasteiger partial charge in [-0.1, -0.05) is 12.1 Å². The van der Waals surface area contributed by atoms with E-state index < -0.39 is 0 Å². The molecule has 1 aliphatic heterocycles. The van der Waals surface area contributed by atoms with Gasteiger partial charge in [0.1, 0.15) is 5.75 Å². The quantitative estimate of drug-likeness (QED) is 0.903. The molecule has 0 aliphatic carbocycles. The third-order valence-corrected chi connectivity index (χ3v) is 3.39. The fourth-order valence-electron chi connectivity index (χ4n) is 2.75. The number of ether oxygens (including phenoxy) is 1. The summed E-state index contributed by atoms with van der Waals surface area (Å²) >= 11 is 0. The van der Waals surface area contributed by atoms with E-state index in [1.165, 1.54) is 0 Å². The van der Waals surface area contributed by atoms with Crippen LogP contribution in [0.3, 0.4) is 0 Å². The fourth-order valence-corrected chi connectivity index (χ4v) is 2.75. The van der Waals surface area contributed by atoms with Crippen LogP contribution in [-0.2, 0) is 0 Å². The normalized spacial score (nSPS) is 21.8. The molecule has 0 spiro atoms. The summed E-state index contributed by atoms with van der Waals surface area (Å²) in [6.07, 6.45) is 0.523. The first-order valence-corrected chi connectivity index (χ1v) is 6.58. The molecule has 19 heavy (non-hydrogen) atoms. The Labute approximate surface area is 115 Å². The summed E-state index contributed by atoms with van der Waals surface area (Å²) in [5.41, 5.74) is 1.09. The number of benzene rings is 1. The summed E-state index contributed by atoms with van der Waals surface area (Å²) < 4.78 is 5.43. The molecule has 4 nitrogen and oxygen atoms in total. The van der Waals surface area contributed by atoms with Crippen molar-refractivity contribution in [1.29, 1.82) is 5.26 Å². The molecule has 0 saturated carbocycles. The lowest BCUT2D eigenvalue weighted by molar-refractivity contribution is 0.289. The average Bonchev–Trinajstić information content (AvgIpc) is 2.37. The Hall–Kier alpha value is -1.73. The Morgan fingerprint density at radius 2 is 2.21 bits per heavy atom. The molecular weight excluding hydrogens is 238 g/mol. The van der Waals surface area contributed by atoms with Gasteiger partial charge in [-0.2, -0.15) is 5.26 Å². The third-order valence-electron chi connectivity index (χ3n) is 3.39. The maximum absolute atomic E-state index is 8.91. The number of rotatable bonds is 3. The van der Waals surface area contributed by atoms with Crippen molar-refractivity contribution in [2.24, 2.45) is 0 Å². The number of anilines is 1. The van der Waals surface area contributed by atoms with Crippen LogP contribution in [0.25, 0.3) is 0 Å². The first kappa shape index (κ1) is 13.7. The molecule has 0 aromatic heterocycles. The van der Waals surface area contributed by atoms with E-state index in [2.05, 4.69) is 36.2 Å². The van der Waals surface area contributed by atoms with Gasteiger partial charge in [0.05, 0.1) is 25.3 Å². The Bertz CT molecular complexity index is 479. The molecule has 0 amide bonds. The first-order valence-electron chi connectivity index (χ1n) is 6.58. The highest BCUT2D eigenvalue weighted by atomic mass is 16.5. The number of methoxy groups -OCH3 is 1. The van der Waals surface area contributed by atoms with E-state index >= 15 is 0 Å². The summed E-state index contributed by atoms with van der Waals surface area (Å²) in [4.78, 5) is 2.30. The van der Waals surface area contributed by atoms with Crippen molar-refractivity contribution in [3.8, 4) is 11.8 Å². The van der Waals surface area contributed by atoms with Gasteiger partial charge < -0.3 is 15.0 Å². The number of nitrogens with zero attached hydrogens (tertiary/aromatic N) is 2. The lowest BCUT2D eigenvalue weighted by Crippen LogP contribution is -2.62. The second-order valence-corrected chi connectivity index (χ2v) is 5.64. The molecule has 1 N–H and O–H groups in total. The van der Waals surface area contributed by atoms with Crippen molar-refractivity contribution in [2.45, 2.75) is 31.8 Å². The van der Waals surface area contributed by atoms with Crippen LogP contribution in [0.15, 0.2) is 24.3 Å². The van der Waals surface area contributed by atoms with Crippen molar-refractivity contribution in [3.63, 3.8) is 0 Å². The largest absolute Gasteiger partial charge is 0.495 e. The van der Waals surface area contributed by atoms with Gasteiger partial charge in [-0.25, -0.2) is 0 Å². The third kappa shape index (κ3) is 3.18. The summed E-state index contributed by atoms with van der Waals surface area (Å²) in [6, 6.07) is 10.5. The molecule has 1 aliphatic rings. The molecule has 1 aromatic carbocycles. The zero-order valence-corrected chi connectivity index (χ0v) is 11.8. The standard InChI is InChI=1S/C15H21N3O/c1-15(2)11-18(10-12(17-15)8-9-16)13-6-4-5-7-14(13)19-3/h4-7,12,17H,8,10-11H2,1-3H3. The second-order valence-electron chi connectivity index (χ2n) is 5.64.